The lowest BCUT2D eigenvalue weighted by atomic mass is 10.1. The monoisotopic (exact) mass is 283 g/mol. The molecule has 0 bridgehead atoms. The van der Waals surface area contributed by atoms with Gasteiger partial charge in [0.05, 0.1) is 16.7 Å². The number of rotatable bonds is 4. The fraction of sp³-hybridized carbons (Fsp3) is 0.0625. The summed E-state index contributed by atoms with van der Waals surface area (Å²) in [6, 6.07) is 17.4. The fourth-order valence-corrected chi connectivity index (χ4v) is 3.16. The van der Waals surface area contributed by atoms with Gasteiger partial charge in [-0.3, -0.25) is 0 Å². The minimum absolute atomic E-state index is 0.0285. The van der Waals surface area contributed by atoms with Crippen LogP contribution in [0.3, 0.4) is 0 Å². The predicted molar refractivity (Wildman–Crippen MR) is 78.4 cm³/mol. The molecule has 2 aromatic carbocycles. The largest absolute Gasteiger partial charge is 0.223 e. The van der Waals surface area contributed by atoms with E-state index in [9.17, 15) is 8.42 Å². The molecule has 0 saturated carbocycles. The molecule has 20 heavy (non-hydrogen) atoms. The third kappa shape index (κ3) is 3.56. The summed E-state index contributed by atoms with van der Waals surface area (Å²) in [5.41, 5.74) is 1.59. The predicted octanol–water partition coefficient (Wildman–Crippen LogP) is 3.20. The molecular formula is C16H13NO2S. The van der Waals surface area contributed by atoms with Gasteiger partial charge in [-0.2, -0.15) is 5.26 Å². The molecule has 0 aliphatic carbocycles. The molecule has 0 spiro atoms. The molecule has 0 N–H and O–H groups in total. The van der Waals surface area contributed by atoms with Gasteiger partial charge in [0, 0.05) is 6.08 Å². The van der Waals surface area contributed by atoms with Crippen molar-refractivity contribution in [3.05, 3.63) is 71.8 Å². The molecule has 0 heterocycles. The van der Waals surface area contributed by atoms with Crippen molar-refractivity contribution in [1.29, 1.82) is 5.26 Å². The Labute approximate surface area is 118 Å². The quantitative estimate of drug-likeness (QED) is 0.810. The summed E-state index contributed by atoms with van der Waals surface area (Å²) in [5.74, 6) is -0.0285. The van der Waals surface area contributed by atoms with Crippen LogP contribution in [0.25, 0.3) is 6.08 Å². The lowest BCUT2D eigenvalue weighted by Crippen LogP contribution is -2.04. The van der Waals surface area contributed by atoms with Crippen LogP contribution in [0.5, 0.6) is 0 Å². The van der Waals surface area contributed by atoms with Crippen molar-refractivity contribution in [3.63, 3.8) is 0 Å². The summed E-state index contributed by atoms with van der Waals surface area (Å²) in [6.07, 6.45) is 3.06. The number of benzene rings is 2. The summed E-state index contributed by atoms with van der Waals surface area (Å²) >= 11 is 0. The van der Waals surface area contributed by atoms with Crippen molar-refractivity contribution in [2.75, 3.05) is 0 Å². The Balaban J connectivity index is 2.19. The van der Waals surface area contributed by atoms with Crippen molar-refractivity contribution in [2.45, 2.75) is 10.6 Å². The second kappa shape index (κ2) is 6.18. The van der Waals surface area contributed by atoms with E-state index in [1.165, 1.54) is 6.08 Å². The number of hydrogen-bond donors (Lipinski definition) is 0. The van der Waals surface area contributed by atoms with Crippen LogP contribution in [0.2, 0.25) is 0 Å². The summed E-state index contributed by atoms with van der Waals surface area (Å²) in [5, 5.41) is 8.44. The summed E-state index contributed by atoms with van der Waals surface area (Å²) < 4.78 is 24.4. The zero-order chi connectivity index (χ0) is 14.4. The number of sulfone groups is 1. The zero-order valence-corrected chi connectivity index (χ0v) is 11.5. The molecule has 0 atom stereocenters. The number of nitriles is 1. The van der Waals surface area contributed by atoms with E-state index in [1.807, 2.05) is 6.07 Å². The lowest BCUT2D eigenvalue weighted by molar-refractivity contribution is 0.595. The van der Waals surface area contributed by atoms with Gasteiger partial charge in [0.2, 0.25) is 0 Å². The smallest absolute Gasteiger partial charge is 0.182 e. The van der Waals surface area contributed by atoms with E-state index in [-0.39, 0.29) is 5.75 Å². The van der Waals surface area contributed by atoms with Gasteiger partial charge in [0.15, 0.2) is 9.84 Å². The van der Waals surface area contributed by atoms with Crippen LogP contribution in [0.1, 0.15) is 11.1 Å². The first-order valence-corrected chi connectivity index (χ1v) is 7.70. The minimum Gasteiger partial charge on any atom is -0.223 e. The van der Waals surface area contributed by atoms with Crippen molar-refractivity contribution in [1.82, 2.24) is 0 Å². The van der Waals surface area contributed by atoms with Crippen LogP contribution in [-0.4, -0.2) is 8.42 Å². The molecular weight excluding hydrogens is 270 g/mol. The van der Waals surface area contributed by atoms with E-state index in [4.69, 9.17) is 5.26 Å². The number of hydrogen-bond acceptors (Lipinski definition) is 3. The normalized spacial score (nSPS) is 11.3. The van der Waals surface area contributed by atoms with Crippen molar-refractivity contribution in [3.8, 4) is 6.07 Å². The molecule has 2 aromatic rings. The van der Waals surface area contributed by atoms with Gasteiger partial charge < -0.3 is 0 Å². The SMILES string of the molecule is N#CC=Cc1ccc(CS(=O)(=O)c2ccccc2)cc1. The molecule has 0 fully saturated rings. The van der Waals surface area contributed by atoms with Crippen LogP contribution in [0, 0.1) is 11.3 Å². The zero-order valence-electron chi connectivity index (χ0n) is 10.7. The molecule has 0 aromatic heterocycles. The van der Waals surface area contributed by atoms with Gasteiger partial charge in [-0.15, -0.1) is 0 Å². The van der Waals surface area contributed by atoms with Crippen molar-refractivity contribution in [2.24, 2.45) is 0 Å². The lowest BCUT2D eigenvalue weighted by Gasteiger charge is -2.05. The Hall–Kier alpha value is -2.38. The highest BCUT2D eigenvalue weighted by Crippen LogP contribution is 2.16. The number of allylic oxidation sites excluding steroid dienone is 1. The third-order valence-corrected chi connectivity index (χ3v) is 4.49. The van der Waals surface area contributed by atoms with Gasteiger partial charge in [0.1, 0.15) is 0 Å². The molecule has 0 aliphatic heterocycles. The van der Waals surface area contributed by atoms with Crippen LogP contribution in [-0.2, 0) is 15.6 Å². The van der Waals surface area contributed by atoms with Crippen molar-refractivity contribution >= 4 is 15.9 Å². The van der Waals surface area contributed by atoms with Crippen LogP contribution in [0.15, 0.2) is 65.6 Å². The van der Waals surface area contributed by atoms with E-state index in [0.29, 0.717) is 4.90 Å². The maximum absolute atomic E-state index is 12.2. The molecule has 3 nitrogen and oxygen atoms in total. The second-order valence-corrected chi connectivity index (χ2v) is 6.27. The average molecular weight is 283 g/mol. The van der Waals surface area contributed by atoms with Crippen LogP contribution in [0.4, 0.5) is 0 Å². The molecule has 4 heteroatoms. The van der Waals surface area contributed by atoms with Crippen LogP contribution >= 0.6 is 0 Å². The van der Waals surface area contributed by atoms with E-state index >= 15 is 0 Å². The first-order valence-electron chi connectivity index (χ1n) is 6.05. The Morgan fingerprint density at radius 2 is 1.65 bits per heavy atom. The standard InChI is InChI=1S/C16H13NO2S/c17-12-4-5-14-8-10-15(11-9-14)13-20(18,19)16-6-2-1-3-7-16/h1-11H,13H2. The highest BCUT2D eigenvalue weighted by atomic mass is 32.2. The summed E-state index contributed by atoms with van der Waals surface area (Å²) in [4.78, 5) is 0.327. The first kappa shape index (κ1) is 14.0. The molecule has 100 valence electrons. The number of nitrogens with zero attached hydrogens (tertiary/aromatic N) is 1. The fourth-order valence-electron chi connectivity index (χ4n) is 1.79. The average Bonchev–Trinajstić information content (AvgIpc) is 2.47. The van der Waals surface area contributed by atoms with Crippen molar-refractivity contribution < 1.29 is 8.42 Å². The summed E-state index contributed by atoms with van der Waals surface area (Å²) in [6.45, 7) is 0. The van der Waals surface area contributed by atoms with Gasteiger partial charge in [-0.05, 0) is 29.3 Å². The van der Waals surface area contributed by atoms with Gasteiger partial charge >= 0.3 is 0 Å². The second-order valence-electron chi connectivity index (χ2n) is 4.28. The maximum atomic E-state index is 12.2. The molecule has 0 amide bonds. The third-order valence-electron chi connectivity index (χ3n) is 2.79. The molecule has 2 rings (SSSR count). The molecule has 0 unspecified atom stereocenters. The van der Waals surface area contributed by atoms with Crippen LogP contribution < -0.4 is 0 Å². The highest BCUT2D eigenvalue weighted by Gasteiger charge is 2.14. The topological polar surface area (TPSA) is 57.9 Å². The van der Waals surface area contributed by atoms with Gasteiger partial charge in [-0.1, -0.05) is 42.5 Å². The maximum Gasteiger partial charge on any atom is 0.182 e. The minimum atomic E-state index is -3.31. The van der Waals surface area contributed by atoms with Gasteiger partial charge in [-0.25, -0.2) is 8.42 Å². The van der Waals surface area contributed by atoms with E-state index < -0.39 is 9.84 Å². The Bertz CT molecular complexity index is 739. The van der Waals surface area contributed by atoms with E-state index in [0.717, 1.165) is 11.1 Å². The highest BCUT2D eigenvalue weighted by molar-refractivity contribution is 7.90. The Morgan fingerprint density at radius 1 is 1.00 bits per heavy atom. The molecule has 0 aliphatic rings. The van der Waals surface area contributed by atoms with Gasteiger partial charge in [0.25, 0.3) is 0 Å². The molecule has 0 saturated heterocycles. The summed E-state index contributed by atoms with van der Waals surface area (Å²) in [7, 11) is -3.31. The first-order chi connectivity index (χ1) is 9.62. The Kier molecular flexibility index (Phi) is 4.34. The van der Waals surface area contributed by atoms with E-state index in [2.05, 4.69) is 0 Å². The van der Waals surface area contributed by atoms with E-state index in [1.54, 1.807) is 60.7 Å². The Morgan fingerprint density at radius 3 is 2.25 bits per heavy atom. The molecule has 0 radical (unpaired) electrons.